The number of nitrogens with zero attached hydrogens (tertiary/aromatic N) is 2. The van der Waals surface area contributed by atoms with E-state index in [0.29, 0.717) is 14.5 Å². The Labute approximate surface area is 260 Å². The largest absolute Gasteiger partial charge is 0.523 e. The first-order valence-electron chi connectivity index (χ1n) is 13.1. The average Bonchev–Trinajstić information content (AvgIpc) is 2.95. The number of fused-ring (bicyclic) bond motifs is 2. The van der Waals surface area contributed by atoms with Gasteiger partial charge in [0.05, 0.1) is 4.90 Å². The Bertz CT molecular complexity index is 1780. The molecule has 1 N–H and O–H groups in total. The number of carbonyl (C=O) groups excluding carboxylic acids is 1. The van der Waals surface area contributed by atoms with E-state index in [1.165, 1.54) is 65.6 Å². The Morgan fingerprint density at radius 2 is 1.57 bits per heavy atom. The number of carboxylic acids is 1. The second-order valence-corrected chi connectivity index (χ2v) is 14.1. The molecular formula is C28H26BrF3N2O8S2. The van der Waals surface area contributed by atoms with Crippen molar-refractivity contribution in [3.8, 4) is 0 Å². The molecule has 0 aromatic heterocycles. The van der Waals surface area contributed by atoms with Gasteiger partial charge in [-0.25, -0.2) is 16.9 Å². The number of unbranched alkanes of at least 4 members (excludes halogenated alkanes) is 2. The van der Waals surface area contributed by atoms with Gasteiger partial charge in [0, 0.05) is 52.6 Å². The molecule has 0 bridgehead atoms. The van der Waals surface area contributed by atoms with Crippen LogP contribution in [0.25, 0.3) is 0 Å². The van der Waals surface area contributed by atoms with Gasteiger partial charge in [0.15, 0.2) is 0 Å². The molecule has 44 heavy (non-hydrogen) atoms. The Hall–Kier alpha value is -3.47. The Morgan fingerprint density at radius 1 is 0.932 bits per heavy atom. The summed E-state index contributed by atoms with van der Waals surface area (Å²) in [6.45, 7) is -0.390. The second kappa shape index (κ2) is 12.9. The molecule has 16 heteroatoms. The van der Waals surface area contributed by atoms with Crippen LogP contribution in [-0.2, 0) is 29.1 Å². The van der Waals surface area contributed by atoms with Crippen LogP contribution in [0.15, 0.2) is 76.1 Å². The van der Waals surface area contributed by atoms with Crippen LogP contribution in [-0.4, -0.2) is 57.2 Å². The van der Waals surface area contributed by atoms with Crippen LogP contribution in [0.3, 0.4) is 0 Å². The summed E-state index contributed by atoms with van der Waals surface area (Å²) in [6, 6.07) is 15.4. The maximum Gasteiger partial charge on any atom is 0.523 e. The minimum Gasteiger partial charge on any atom is -0.481 e. The van der Waals surface area contributed by atoms with Gasteiger partial charge in [-0.2, -0.15) is 21.6 Å². The Morgan fingerprint density at radius 3 is 2.20 bits per heavy atom. The van der Waals surface area contributed by atoms with E-state index in [1.807, 2.05) is 0 Å². The highest BCUT2D eigenvalue weighted by Crippen LogP contribution is 2.48. The molecule has 1 unspecified atom stereocenters. The molecule has 3 aromatic carbocycles. The normalized spacial score (nSPS) is 14.9. The monoisotopic (exact) mass is 718 g/mol. The first-order valence-corrected chi connectivity index (χ1v) is 16.7. The highest BCUT2D eigenvalue weighted by molar-refractivity contribution is 9.10. The second-order valence-electron chi connectivity index (χ2n) is 9.77. The number of carboxylic acid groups (broad SMARTS) is 1. The maximum atomic E-state index is 14.2. The van der Waals surface area contributed by atoms with Crippen LogP contribution in [0.2, 0.25) is 0 Å². The van der Waals surface area contributed by atoms with Crippen molar-refractivity contribution < 1.29 is 48.9 Å². The van der Waals surface area contributed by atoms with Crippen LogP contribution in [0.4, 0.5) is 24.5 Å². The lowest BCUT2D eigenvalue weighted by atomic mass is 9.89. The molecule has 0 aliphatic carbocycles. The molecule has 0 radical (unpaired) electrons. The number of benzene rings is 3. The van der Waals surface area contributed by atoms with E-state index < -0.39 is 49.2 Å². The van der Waals surface area contributed by atoms with E-state index in [9.17, 15) is 39.6 Å². The summed E-state index contributed by atoms with van der Waals surface area (Å²) in [5, 5.41) is 8.93. The van der Waals surface area contributed by atoms with Crippen molar-refractivity contribution in [3.63, 3.8) is 0 Å². The van der Waals surface area contributed by atoms with E-state index >= 15 is 0 Å². The van der Waals surface area contributed by atoms with Gasteiger partial charge in [0.1, 0.15) is 6.10 Å². The number of hydrogen-bond acceptors (Lipinski definition) is 8. The fourth-order valence-electron chi connectivity index (χ4n) is 4.80. The molecule has 1 aliphatic heterocycles. The Kier molecular flexibility index (Phi) is 9.78. The molecule has 3 aromatic rings. The zero-order chi connectivity index (χ0) is 32.4. The number of carbonyl (C=O) groups is 2. The summed E-state index contributed by atoms with van der Waals surface area (Å²) in [5.41, 5.74) is -6.00. The fraction of sp³-hybridized carbons (Fsp3) is 0.286. The van der Waals surface area contributed by atoms with E-state index in [-0.39, 0.29) is 53.9 Å². The van der Waals surface area contributed by atoms with Gasteiger partial charge in [-0.05, 0) is 55.3 Å². The lowest BCUT2D eigenvalue weighted by Gasteiger charge is -2.36. The van der Waals surface area contributed by atoms with Gasteiger partial charge in [0.25, 0.3) is 15.9 Å². The molecule has 1 amide bonds. The zero-order valence-corrected chi connectivity index (χ0v) is 26.2. The third-order valence-corrected chi connectivity index (χ3v) is 10.2. The molecule has 10 nitrogen and oxygen atoms in total. The predicted octanol–water partition coefficient (Wildman–Crippen LogP) is 5.96. The highest BCUT2D eigenvalue weighted by atomic mass is 79.9. The summed E-state index contributed by atoms with van der Waals surface area (Å²) >= 11 is 3.22. The number of hydrogen-bond donors (Lipinski definition) is 1. The van der Waals surface area contributed by atoms with E-state index in [2.05, 4.69) is 15.9 Å². The van der Waals surface area contributed by atoms with Gasteiger partial charge in [-0.15, -0.1) is 0 Å². The zero-order valence-electron chi connectivity index (χ0n) is 23.0. The van der Waals surface area contributed by atoms with Crippen molar-refractivity contribution in [2.24, 2.45) is 0 Å². The van der Waals surface area contributed by atoms with E-state index in [1.54, 1.807) is 13.1 Å². The van der Waals surface area contributed by atoms with Crippen molar-refractivity contribution >= 4 is 59.3 Å². The number of aliphatic carboxylic acids is 1. The molecule has 0 saturated carbocycles. The molecular weight excluding hydrogens is 693 g/mol. The average molecular weight is 720 g/mol. The van der Waals surface area contributed by atoms with Gasteiger partial charge in [0.2, 0.25) is 0 Å². The molecule has 1 atom stereocenters. The van der Waals surface area contributed by atoms with Crippen molar-refractivity contribution in [1.82, 2.24) is 4.31 Å². The molecule has 0 fully saturated rings. The Balaban J connectivity index is 1.86. The van der Waals surface area contributed by atoms with Crippen LogP contribution in [0, 0.1) is 0 Å². The van der Waals surface area contributed by atoms with Gasteiger partial charge in [-0.3, -0.25) is 9.59 Å². The number of halogens is 4. The van der Waals surface area contributed by atoms with Gasteiger partial charge in [-0.1, -0.05) is 46.6 Å². The molecule has 236 valence electrons. The van der Waals surface area contributed by atoms with Crippen molar-refractivity contribution in [2.45, 2.75) is 42.2 Å². The summed E-state index contributed by atoms with van der Waals surface area (Å²) in [6.07, 6.45) is -1.57. The number of rotatable bonds is 11. The van der Waals surface area contributed by atoms with Gasteiger partial charge >= 0.3 is 21.6 Å². The summed E-state index contributed by atoms with van der Waals surface area (Å²) in [7, 11) is -9.18. The lowest BCUT2D eigenvalue weighted by Crippen LogP contribution is -2.39. The number of para-hydroxylation sites is 1. The first kappa shape index (κ1) is 33.4. The summed E-state index contributed by atoms with van der Waals surface area (Å²) in [4.78, 5) is 26.4. The summed E-state index contributed by atoms with van der Waals surface area (Å²) in [5.74, 6) is -2.17. The standard InChI is InChI=1S/C28H26BrF3N2O8S2/c1-33-22-10-5-4-8-20(22)26(42-44(40,41)28(30,31)32)25-21(9-7-11-23(25)33)27(37)34(17-6-2-3-12-24(35)36)43(38,39)19-15-13-18(29)14-16-19/h4-5,7-11,13-16,26H,2-3,6,12,17H2,1H3,(H,35,36). The van der Waals surface area contributed by atoms with Crippen LogP contribution < -0.4 is 4.90 Å². The maximum absolute atomic E-state index is 14.2. The molecule has 0 spiro atoms. The fourth-order valence-corrected chi connectivity index (χ4v) is 7.04. The van der Waals surface area contributed by atoms with Crippen molar-refractivity contribution in [1.29, 1.82) is 0 Å². The molecule has 0 saturated heterocycles. The van der Waals surface area contributed by atoms with Gasteiger partial charge < -0.3 is 10.0 Å². The lowest BCUT2D eigenvalue weighted by molar-refractivity contribution is -0.137. The van der Waals surface area contributed by atoms with Crippen molar-refractivity contribution in [3.05, 3.63) is 87.9 Å². The van der Waals surface area contributed by atoms with E-state index in [0.717, 1.165) is 0 Å². The van der Waals surface area contributed by atoms with Crippen LogP contribution in [0.1, 0.15) is 53.3 Å². The minimum absolute atomic E-state index is 0.00608. The minimum atomic E-state index is -6.18. The number of alkyl halides is 3. The number of amides is 1. The SMILES string of the molecule is CN1c2ccccc2C(OS(=O)(=O)C(F)(F)F)c2c(C(=O)N(CCCCCC(=O)O)S(=O)(=O)c3ccc(Br)cc3)cccc21. The number of sulfonamides is 1. The topological polar surface area (TPSA) is 138 Å². The quantitative estimate of drug-likeness (QED) is 0.145. The third kappa shape index (κ3) is 6.77. The van der Waals surface area contributed by atoms with Crippen molar-refractivity contribution in [2.75, 3.05) is 18.5 Å². The molecule has 1 aliphatic rings. The summed E-state index contributed by atoms with van der Waals surface area (Å²) < 4.78 is 98.6. The van der Waals surface area contributed by atoms with Crippen LogP contribution >= 0.6 is 15.9 Å². The first-order chi connectivity index (χ1) is 20.6. The van der Waals surface area contributed by atoms with Crippen LogP contribution in [0.5, 0.6) is 0 Å². The molecule has 4 rings (SSSR count). The van der Waals surface area contributed by atoms with E-state index in [4.69, 9.17) is 9.29 Å². The number of anilines is 2. The predicted molar refractivity (Wildman–Crippen MR) is 157 cm³/mol. The smallest absolute Gasteiger partial charge is 0.481 e. The molecule has 1 heterocycles. The third-order valence-electron chi connectivity index (χ3n) is 6.90. The highest BCUT2D eigenvalue weighted by Gasteiger charge is 2.50.